The minimum atomic E-state index is -0.188. The Hall–Kier alpha value is -1.88. The number of anilines is 1. The van der Waals surface area contributed by atoms with Crippen LogP contribution < -0.4 is 5.32 Å². The molecule has 1 aromatic heterocycles. The SMILES string of the molecule is CC[C@@H](C)N1C(=O)c2ccccc2N[C@H]1c1csc(C)n1. The van der Waals surface area contributed by atoms with Crippen LogP contribution in [0.25, 0.3) is 0 Å². The normalized spacial score (nSPS) is 19.1. The maximum absolute atomic E-state index is 12.9. The Balaban J connectivity index is 2.07. The Morgan fingerprint density at radius 1 is 1.43 bits per heavy atom. The van der Waals surface area contributed by atoms with E-state index in [9.17, 15) is 4.79 Å². The largest absolute Gasteiger partial charge is 0.359 e. The third-order valence-electron chi connectivity index (χ3n) is 3.94. The van der Waals surface area contributed by atoms with Gasteiger partial charge in [0.1, 0.15) is 6.17 Å². The second-order valence-corrected chi connectivity index (χ2v) is 6.42. The fraction of sp³-hybridized carbons (Fsp3) is 0.375. The van der Waals surface area contributed by atoms with Crippen molar-refractivity contribution >= 4 is 22.9 Å². The Bertz CT molecular complexity index is 667. The smallest absolute Gasteiger partial charge is 0.258 e. The van der Waals surface area contributed by atoms with E-state index in [1.165, 1.54) is 0 Å². The first-order valence-electron chi connectivity index (χ1n) is 7.22. The quantitative estimate of drug-likeness (QED) is 0.937. The molecule has 0 spiro atoms. The summed E-state index contributed by atoms with van der Waals surface area (Å²) in [7, 11) is 0. The summed E-state index contributed by atoms with van der Waals surface area (Å²) in [4.78, 5) is 19.4. The van der Waals surface area contributed by atoms with Crippen LogP contribution in [-0.4, -0.2) is 21.8 Å². The number of aryl methyl sites for hydroxylation is 1. The molecule has 1 N–H and O–H groups in total. The van der Waals surface area contributed by atoms with Crippen LogP contribution in [0.2, 0.25) is 0 Å². The molecular formula is C16H19N3OS. The van der Waals surface area contributed by atoms with Crippen molar-refractivity contribution in [1.82, 2.24) is 9.88 Å². The van der Waals surface area contributed by atoms with Gasteiger partial charge in [0, 0.05) is 17.1 Å². The maximum atomic E-state index is 12.9. The van der Waals surface area contributed by atoms with Gasteiger partial charge in [0.05, 0.1) is 16.3 Å². The van der Waals surface area contributed by atoms with Crippen LogP contribution in [0, 0.1) is 6.92 Å². The molecule has 0 saturated carbocycles. The Kier molecular flexibility index (Phi) is 3.68. The molecule has 4 nitrogen and oxygen atoms in total. The molecule has 21 heavy (non-hydrogen) atoms. The van der Waals surface area contributed by atoms with Gasteiger partial charge in [-0.1, -0.05) is 19.1 Å². The molecule has 0 bridgehead atoms. The molecule has 3 rings (SSSR count). The lowest BCUT2D eigenvalue weighted by atomic mass is 10.0. The van der Waals surface area contributed by atoms with Crippen molar-refractivity contribution in [2.75, 3.05) is 5.32 Å². The monoisotopic (exact) mass is 301 g/mol. The van der Waals surface area contributed by atoms with Gasteiger partial charge in [0.2, 0.25) is 0 Å². The molecule has 1 aliphatic rings. The standard InChI is InChI=1S/C16H19N3OS/c1-4-10(2)19-15(14-9-21-11(3)17-14)18-13-8-6-5-7-12(13)16(19)20/h5-10,15,18H,4H2,1-3H3/t10-,15-/m1/s1. The number of hydrogen-bond acceptors (Lipinski definition) is 4. The van der Waals surface area contributed by atoms with Crippen molar-refractivity contribution < 1.29 is 4.79 Å². The fourth-order valence-corrected chi connectivity index (χ4v) is 3.27. The van der Waals surface area contributed by atoms with E-state index in [0.717, 1.165) is 28.4 Å². The highest BCUT2D eigenvalue weighted by molar-refractivity contribution is 7.09. The van der Waals surface area contributed by atoms with Gasteiger partial charge in [0.15, 0.2) is 0 Å². The number of nitrogens with zero attached hydrogens (tertiary/aromatic N) is 2. The summed E-state index contributed by atoms with van der Waals surface area (Å²) in [6.07, 6.45) is 0.724. The van der Waals surface area contributed by atoms with Gasteiger partial charge >= 0.3 is 0 Å². The highest BCUT2D eigenvalue weighted by Gasteiger charge is 2.36. The molecule has 0 radical (unpaired) electrons. The molecular weight excluding hydrogens is 282 g/mol. The number of aromatic nitrogens is 1. The van der Waals surface area contributed by atoms with Crippen molar-refractivity contribution in [3.8, 4) is 0 Å². The predicted molar refractivity (Wildman–Crippen MR) is 85.6 cm³/mol. The number of carbonyl (C=O) groups is 1. The van der Waals surface area contributed by atoms with Crippen LogP contribution >= 0.6 is 11.3 Å². The zero-order chi connectivity index (χ0) is 15.0. The van der Waals surface area contributed by atoms with Crippen molar-refractivity contribution in [1.29, 1.82) is 0 Å². The predicted octanol–water partition coefficient (Wildman–Crippen LogP) is 3.82. The minimum absolute atomic E-state index is 0.0781. The number of rotatable bonds is 3. The Morgan fingerprint density at radius 2 is 2.19 bits per heavy atom. The first-order valence-corrected chi connectivity index (χ1v) is 8.10. The van der Waals surface area contributed by atoms with Crippen LogP contribution in [-0.2, 0) is 0 Å². The molecule has 2 heterocycles. The van der Waals surface area contributed by atoms with E-state index in [2.05, 4.69) is 24.1 Å². The first kappa shape index (κ1) is 14.1. The first-order chi connectivity index (χ1) is 10.1. The van der Waals surface area contributed by atoms with Gasteiger partial charge in [-0.05, 0) is 32.4 Å². The van der Waals surface area contributed by atoms with Crippen LogP contribution in [0.1, 0.15) is 47.5 Å². The molecule has 0 saturated heterocycles. The van der Waals surface area contributed by atoms with Gasteiger partial charge in [-0.15, -0.1) is 11.3 Å². The maximum Gasteiger partial charge on any atom is 0.258 e. The molecule has 0 aliphatic carbocycles. The molecule has 0 fully saturated rings. The van der Waals surface area contributed by atoms with Crippen molar-refractivity contribution in [3.63, 3.8) is 0 Å². The highest BCUT2D eigenvalue weighted by Crippen LogP contribution is 2.35. The number of thiazole rings is 1. The number of amides is 1. The summed E-state index contributed by atoms with van der Waals surface area (Å²) in [6.45, 7) is 6.17. The second kappa shape index (κ2) is 5.48. The lowest BCUT2D eigenvalue weighted by Gasteiger charge is -2.40. The molecule has 110 valence electrons. The van der Waals surface area contributed by atoms with Crippen LogP contribution in [0.15, 0.2) is 29.6 Å². The Morgan fingerprint density at radius 3 is 2.86 bits per heavy atom. The number of benzene rings is 1. The lowest BCUT2D eigenvalue weighted by Crippen LogP contribution is -2.47. The van der Waals surface area contributed by atoms with E-state index in [0.29, 0.717) is 0 Å². The lowest BCUT2D eigenvalue weighted by molar-refractivity contribution is 0.0589. The van der Waals surface area contributed by atoms with Crippen molar-refractivity contribution in [2.24, 2.45) is 0 Å². The van der Waals surface area contributed by atoms with Crippen LogP contribution in [0.4, 0.5) is 5.69 Å². The molecule has 0 unspecified atom stereocenters. The van der Waals surface area contributed by atoms with Gasteiger partial charge in [-0.2, -0.15) is 0 Å². The minimum Gasteiger partial charge on any atom is -0.359 e. The average molecular weight is 301 g/mol. The second-order valence-electron chi connectivity index (χ2n) is 5.35. The molecule has 1 aliphatic heterocycles. The van der Waals surface area contributed by atoms with Crippen molar-refractivity contribution in [2.45, 2.75) is 39.4 Å². The van der Waals surface area contributed by atoms with E-state index < -0.39 is 0 Å². The average Bonchev–Trinajstić information content (AvgIpc) is 2.93. The van der Waals surface area contributed by atoms with E-state index in [1.807, 2.05) is 41.5 Å². The van der Waals surface area contributed by atoms with Gasteiger partial charge < -0.3 is 10.2 Å². The molecule has 5 heteroatoms. The number of nitrogens with one attached hydrogen (secondary N) is 1. The van der Waals surface area contributed by atoms with E-state index >= 15 is 0 Å². The number of para-hydroxylation sites is 1. The summed E-state index contributed by atoms with van der Waals surface area (Å²) in [5.74, 6) is 0.0781. The van der Waals surface area contributed by atoms with Gasteiger partial charge in [0.25, 0.3) is 5.91 Å². The van der Waals surface area contributed by atoms with E-state index in [1.54, 1.807) is 11.3 Å². The summed E-state index contributed by atoms with van der Waals surface area (Å²) in [5, 5.41) is 6.52. The number of hydrogen-bond donors (Lipinski definition) is 1. The topological polar surface area (TPSA) is 45.2 Å². The van der Waals surface area contributed by atoms with E-state index in [4.69, 9.17) is 0 Å². The molecule has 2 atom stereocenters. The van der Waals surface area contributed by atoms with Gasteiger partial charge in [-0.3, -0.25) is 4.79 Å². The molecule has 2 aromatic rings. The highest BCUT2D eigenvalue weighted by atomic mass is 32.1. The summed E-state index contributed by atoms with van der Waals surface area (Å²) >= 11 is 1.61. The Labute approximate surface area is 128 Å². The zero-order valence-corrected chi connectivity index (χ0v) is 13.3. The zero-order valence-electron chi connectivity index (χ0n) is 12.5. The summed E-state index contributed by atoms with van der Waals surface area (Å²) in [5.41, 5.74) is 2.54. The van der Waals surface area contributed by atoms with Gasteiger partial charge in [-0.25, -0.2) is 4.98 Å². The third-order valence-corrected chi connectivity index (χ3v) is 4.74. The third kappa shape index (κ3) is 2.42. The van der Waals surface area contributed by atoms with Crippen molar-refractivity contribution in [3.05, 3.63) is 45.9 Å². The summed E-state index contributed by atoms with van der Waals surface area (Å²) in [6, 6.07) is 7.84. The van der Waals surface area contributed by atoms with Crippen LogP contribution in [0.3, 0.4) is 0 Å². The molecule has 1 aromatic carbocycles. The summed E-state index contributed by atoms with van der Waals surface area (Å²) < 4.78 is 0. The van der Waals surface area contributed by atoms with Crippen LogP contribution in [0.5, 0.6) is 0 Å². The van der Waals surface area contributed by atoms with E-state index in [-0.39, 0.29) is 18.1 Å². The fourth-order valence-electron chi connectivity index (χ4n) is 2.64. The number of fused-ring (bicyclic) bond motifs is 1. The molecule has 1 amide bonds. The number of carbonyl (C=O) groups excluding carboxylic acids is 1.